The number of H-pyrrole nitrogens is 1. The van der Waals surface area contributed by atoms with E-state index in [0.717, 1.165) is 35.1 Å². The molecule has 1 heterocycles. The zero-order valence-electron chi connectivity index (χ0n) is 11.3. The fraction of sp³-hybridized carbons (Fsp3) is 0.188. The van der Waals surface area contributed by atoms with Crippen LogP contribution < -0.4 is 0 Å². The Morgan fingerprint density at radius 3 is 2.00 bits per heavy atom. The Balaban J connectivity index is 2.08. The van der Waals surface area contributed by atoms with Crippen LogP contribution in [0.1, 0.15) is 28.1 Å². The van der Waals surface area contributed by atoms with Crippen molar-refractivity contribution in [2.24, 2.45) is 0 Å². The van der Waals surface area contributed by atoms with Crippen molar-refractivity contribution in [1.82, 2.24) is 20.6 Å². The maximum absolute atomic E-state index is 11.5. The summed E-state index contributed by atoms with van der Waals surface area (Å²) in [6.45, 7) is 0. The molecular formula is C16H14N4O. The lowest BCUT2D eigenvalue weighted by Gasteiger charge is -2.28. The van der Waals surface area contributed by atoms with Gasteiger partial charge in [-0.05, 0) is 45.5 Å². The van der Waals surface area contributed by atoms with E-state index < -0.39 is 5.60 Å². The first kappa shape index (κ1) is 12.2. The lowest BCUT2D eigenvalue weighted by molar-refractivity contribution is 0.115. The molecule has 0 atom stereocenters. The number of aliphatic hydroxyl groups is 1. The van der Waals surface area contributed by atoms with Crippen LogP contribution in [0.25, 0.3) is 0 Å². The minimum atomic E-state index is -1.34. The highest BCUT2D eigenvalue weighted by atomic mass is 16.3. The summed E-state index contributed by atoms with van der Waals surface area (Å²) in [7, 11) is 0. The van der Waals surface area contributed by atoms with Crippen LogP contribution in [0.4, 0.5) is 0 Å². The number of aryl methyl sites for hydroxylation is 2. The molecule has 2 aromatic carbocycles. The maximum Gasteiger partial charge on any atom is 0.189 e. The topological polar surface area (TPSA) is 74.7 Å². The molecule has 0 unspecified atom stereocenters. The number of hydrogen-bond acceptors (Lipinski definition) is 4. The minimum Gasteiger partial charge on any atom is -0.373 e. The Labute approximate surface area is 121 Å². The highest BCUT2D eigenvalue weighted by molar-refractivity contribution is 5.51. The number of tetrazole rings is 1. The van der Waals surface area contributed by atoms with Gasteiger partial charge >= 0.3 is 0 Å². The Kier molecular flexibility index (Phi) is 2.62. The molecule has 104 valence electrons. The second-order valence-electron chi connectivity index (χ2n) is 5.27. The van der Waals surface area contributed by atoms with Crippen LogP contribution in [0.2, 0.25) is 0 Å². The van der Waals surface area contributed by atoms with Gasteiger partial charge < -0.3 is 5.11 Å². The zero-order valence-corrected chi connectivity index (χ0v) is 11.3. The van der Waals surface area contributed by atoms with E-state index in [2.05, 4.69) is 32.8 Å². The Bertz CT molecular complexity index is 735. The van der Waals surface area contributed by atoms with Crippen LogP contribution >= 0.6 is 0 Å². The van der Waals surface area contributed by atoms with Gasteiger partial charge in [0.25, 0.3) is 0 Å². The van der Waals surface area contributed by atoms with Gasteiger partial charge in [0.15, 0.2) is 11.4 Å². The summed E-state index contributed by atoms with van der Waals surface area (Å²) in [5.74, 6) is 0.351. The second kappa shape index (κ2) is 4.49. The molecule has 4 rings (SSSR count). The highest BCUT2D eigenvalue weighted by Crippen LogP contribution is 2.40. The quantitative estimate of drug-likeness (QED) is 0.708. The predicted octanol–water partition coefficient (Wildman–Crippen LogP) is 1.58. The summed E-state index contributed by atoms with van der Waals surface area (Å²) < 4.78 is 0. The molecule has 2 N–H and O–H groups in total. The van der Waals surface area contributed by atoms with Crippen LogP contribution in [-0.2, 0) is 18.4 Å². The zero-order chi connectivity index (χ0) is 14.3. The van der Waals surface area contributed by atoms with Crippen LogP contribution in [0.15, 0.2) is 48.5 Å². The SMILES string of the molecule is OC1(c2nnn[nH]2)c2ccccc2CCc2ccccc21. The molecule has 0 aliphatic heterocycles. The summed E-state index contributed by atoms with van der Waals surface area (Å²) in [5, 5.41) is 25.5. The first-order chi connectivity index (χ1) is 10.3. The van der Waals surface area contributed by atoms with Crippen molar-refractivity contribution in [2.75, 3.05) is 0 Å². The lowest BCUT2D eigenvalue weighted by atomic mass is 9.83. The third-order valence-corrected chi connectivity index (χ3v) is 4.17. The minimum absolute atomic E-state index is 0.351. The summed E-state index contributed by atoms with van der Waals surface area (Å²) >= 11 is 0. The van der Waals surface area contributed by atoms with Crippen molar-refractivity contribution in [3.8, 4) is 0 Å². The van der Waals surface area contributed by atoms with E-state index in [0.29, 0.717) is 5.82 Å². The fourth-order valence-electron chi connectivity index (χ4n) is 3.16. The van der Waals surface area contributed by atoms with Crippen molar-refractivity contribution < 1.29 is 5.11 Å². The van der Waals surface area contributed by atoms with Gasteiger partial charge in [-0.1, -0.05) is 48.5 Å². The van der Waals surface area contributed by atoms with E-state index in [1.807, 2.05) is 36.4 Å². The number of hydrogen-bond donors (Lipinski definition) is 2. The fourth-order valence-corrected chi connectivity index (χ4v) is 3.16. The Morgan fingerprint density at radius 1 is 0.905 bits per heavy atom. The predicted molar refractivity (Wildman–Crippen MR) is 76.6 cm³/mol. The largest absolute Gasteiger partial charge is 0.373 e. The molecule has 21 heavy (non-hydrogen) atoms. The van der Waals surface area contributed by atoms with Crippen LogP contribution in [-0.4, -0.2) is 25.7 Å². The molecule has 0 fully saturated rings. The average Bonchev–Trinajstić information content (AvgIpc) is 3.04. The number of nitrogens with one attached hydrogen (secondary N) is 1. The van der Waals surface area contributed by atoms with Crippen LogP contribution in [0.5, 0.6) is 0 Å². The first-order valence-electron chi connectivity index (χ1n) is 6.93. The van der Waals surface area contributed by atoms with Gasteiger partial charge in [0.2, 0.25) is 0 Å². The molecule has 0 amide bonds. The molecule has 1 aliphatic rings. The number of aromatic nitrogens is 4. The maximum atomic E-state index is 11.5. The van der Waals surface area contributed by atoms with Gasteiger partial charge in [0.1, 0.15) is 0 Å². The third kappa shape index (κ3) is 1.71. The van der Waals surface area contributed by atoms with Gasteiger partial charge in [0.05, 0.1) is 0 Å². The van der Waals surface area contributed by atoms with E-state index in [4.69, 9.17) is 0 Å². The second-order valence-corrected chi connectivity index (χ2v) is 5.27. The van der Waals surface area contributed by atoms with E-state index in [9.17, 15) is 5.11 Å². The molecule has 0 saturated carbocycles. The van der Waals surface area contributed by atoms with Crippen molar-refractivity contribution in [1.29, 1.82) is 0 Å². The normalized spacial score (nSPS) is 15.9. The molecule has 0 saturated heterocycles. The van der Waals surface area contributed by atoms with E-state index in [-0.39, 0.29) is 0 Å². The lowest BCUT2D eigenvalue weighted by Crippen LogP contribution is -2.31. The number of fused-ring (bicyclic) bond motifs is 2. The number of rotatable bonds is 1. The standard InChI is InChI=1S/C16H14N4O/c21-16(15-17-19-20-18-15)13-7-3-1-5-11(13)9-10-12-6-2-4-8-14(12)16/h1-8,21H,9-10H2,(H,17,18,19,20). The van der Waals surface area contributed by atoms with Gasteiger partial charge in [-0.15, -0.1) is 5.10 Å². The van der Waals surface area contributed by atoms with Crippen molar-refractivity contribution in [3.63, 3.8) is 0 Å². The van der Waals surface area contributed by atoms with Crippen molar-refractivity contribution in [2.45, 2.75) is 18.4 Å². The van der Waals surface area contributed by atoms with E-state index >= 15 is 0 Å². The molecule has 1 aliphatic carbocycles. The smallest absolute Gasteiger partial charge is 0.189 e. The molecule has 3 aromatic rings. The van der Waals surface area contributed by atoms with Crippen LogP contribution in [0.3, 0.4) is 0 Å². The molecule has 1 aromatic heterocycles. The van der Waals surface area contributed by atoms with Crippen LogP contribution in [0, 0.1) is 0 Å². The van der Waals surface area contributed by atoms with E-state index in [1.165, 1.54) is 0 Å². The molecule has 5 nitrogen and oxygen atoms in total. The monoisotopic (exact) mass is 278 g/mol. The summed E-state index contributed by atoms with van der Waals surface area (Å²) in [6, 6.07) is 15.8. The van der Waals surface area contributed by atoms with E-state index in [1.54, 1.807) is 0 Å². The van der Waals surface area contributed by atoms with Gasteiger partial charge in [-0.25, -0.2) is 5.10 Å². The van der Waals surface area contributed by atoms with Crippen molar-refractivity contribution in [3.05, 3.63) is 76.6 Å². The summed E-state index contributed by atoms with van der Waals surface area (Å²) in [6.07, 6.45) is 1.77. The molecule has 0 radical (unpaired) electrons. The van der Waals surface area contributed by atoms with Gasteiger partial charge in [0, 0.05) is 0 Å². The third-order valence-electron chi connectivity index (χ3n) is 4.17. The van der Waals surface area contributed by atoms with Gasteiger partial charge in [-0.3, -0.25) is 0 Å². The molecule has 0 bridgehead atoms. The van der Waals surface area contributed by atoms with Crippen molar-refractivity contribution >= 4 is 0 Å². The summed E-state index contributed by atoms with van der Waals surface area (Å²) in [4.78, 5) is 0. The summed E-state index contributed by atoms with van der Waals surface area (Å²) in [5.41, 5.74) is 2.58. The average molecular weight is 278 g/mol. The number of aromatic amines is 1. The molecule has 0 spiro atoms. The molecular weight excluding hydrogens is 264 g/mol. The number of nitrogens with zero attached hydrogens (tertiary/aromatic N) is 3. The number of benzene rings is 2. The Hall–Kier alpha value is -2.53. The Morgan fingerprint density at radius 2 is 1.48 bits per heavy atom. The first-order valence-corrected chi connectivity index (χ1v) is 6.93. The molecule has 5 heteroatoms. The highest BCUT2D eigenvalue weighted by Gasteiger charge is 2.41. The van der Waals surface area contributed by atoms with Gasteiger partial charge in [-0.2, -0.15) is 0 Å².